The summed E-state index contributed by atoms with van der Waals surface area (Å²) in [4.78, 5) is 0. The van der Waals surface area contributed by atoms with E-state index in [2.05, 4.69) is 23.5 Å². The van der Waals surface area contributed by atoms with Crippen molar-refractivity contribution < 1.29 is 0 Å². The Labute approximate surface area is 98.3 Å². The molecule has 0 aliphatic carbocycles. The van der Waals surface area contributed by atoms with E-state index in [4.69, 9.17) is 0 Å². The van der Waals surface area contributed by atoms with Gasteiger partial charge in [-0.3, -0.25) is 0 Å². The summed E-state index contributed by atoms with van der Waals surface area (Å²) in [7, 11) is 1.44. The molecular formula is C4H6Na2Si2. The number of rotatable bonds is 0. The molecule has 0 fully saturated rings. The first-order valence-electron chi connectivity index (χ1n) is 2.00. The average Bonchev–Trinajstić information content (AvgIpc) is 1.72. The van der Waals surface area contributed by atoms with Gasteiger partial charge >= 0.3 is 0 Å². The van der Waals surface area contributed by atoms with Crippen LogP contribution in [0.15, 0.2) is 23.5 Å². The van der Waals surface area contributed by atoms with E-state index in [9.17, 15) is 0 Å². The van der Waals surface area contributed by atoms with Gasteiger partial charge in [0, 0.05) is 59.1 Å². The molecule has 2 radical (unpaired) electrons. The van der Waals surface area contributed by atoms with Crippen LogP contribution >= 0.6 is 0 Å². The van der Waals surface area contributed by atoms with Gasteiger partial charge in [-0.05, 0) is 17.2 Å². The monoisotopic (exact) mass is 156 g/mol. The predicted molar refractivity (Wildman–Crippen MR) is 43.4 cm³/mol. The minimum Gasteiger partial charge on any atom is -0.0848 e. The molecular weight excluding hydrogens is 150 g/mol. The third kappa shape index (κ3) is 6.04. The average molecular weight is 156 g/mol. The van der Waals surface area contributed by atoms with E-state index in [-0.39, 0.29) is 59.1 Å². The van der Waals surface area contributed by atoms with Gasteiger partial charge in [-0.1, -0.05) is 23.5 Å². The molecule has 1 aromatic rings. The van der Waals surface area contributed by atoms with Crippen LogP contribution in [0.3, 0.4) is 0 Å². The molecule has 0 aromatic carbocycles. The van der Waals surface area contributed by atoms with E-state index >= 15 is 0 Å². The first kappa shape index (κ1) is 12.6. The quantitative estimate of drug-likeness (QED) is 0.426. The second-order valence-electron chi connectivity index (χ2n) is 1.15. The predicted octanol–water partition coefficient (Wildman–Crippen LogP) is -0.934. The normalized spacial score (nSPS) is 6.00. The summed E-state index contributed by atoms with van der Waals surface area (Å²) in [6.45, 7) is 0. The van der Waals surface area contributed by atoms with Gasteiger partial charge in [0.2, 0.25) is 0 Å². The Morgan fingerprint density at radius 1 is 0.750 bits per heavy atom. The maximum atomic E-state index is 2.30. The molecule has 0 amide bonds. The summed E-state index contributed by atoms with van der Waals surface area (Å²) < 4.78 is 0. The third-order valence-corrected chi connectivity index (χ3v) is 3.78. The third-order valence-electron chi connectivity index (χ3n) is 0.667. The molecule has 0 unspecified atom stereocenters. The van der Waals surface area contributed by atoms with Crippen molar-refractivity contribution in [2.24, 2.45) is 0 Å². The molecule has 1 rings (SSSR count). The first-order chi connectivity index (χ1) is 3.00. The second kappa shape index (κ2) is 8.91. The summed E-state index contributed by atoms with van der Waals surface area (Å²) in [5, 5.41) is 0. The van der Waals surface area contributed by atoms with Gasteiger partial charge in [0.1, 0.15) is 0 Å². The van der Waals surface area contributed by atoms with Crippen molar-refractivity contribution >= 4 is 76.4 Å². The smallest absolute Gasteiger partial charge is 0 e. The molecule has 0 saturated heterocycles. The van der Waals surface area contributed by atoms with Crippen LogP contribution in [0.1, 0.15) is 0 Å². The zero-order valence-corrected chi connectivity index (χ0v) is 11.8. The SMILES string of the molecule is [Na].[Na].c1cc[siH][siH]c1. The number of hydrogen-bond donors (Lipinski definition) is 0. The molecule has 0 spiro atoms. The van der Waals surface area contributed by atoms with Crippen LogP contribution in [0.5, 0.6) is 0 Å². The van der Waals surface area contributed by atoms with Gasteiger partial charge in [-0.2, -0.15) is 0 Å². The largest absolute Gasteiger partial charge is 0.0848 e. The van der Waals surface area contributed by atoms with Crippen LogP contribution in [0.2, 0.25) is 0 Å². The minimum atomic E-state index is 0. The zero-order chi connectivity index (χ0) is 4.24. The molecule has 1 aromatic heterocycles. The summed E-state index contributed by atoms with van der Waals surface area (Å²) in [5.41, 5.74) is 4.60. The fourth-order valence-corrected chi connectivity index (χ4v) is 2.69. The molecule has 4 heteroatoms. The zero-order valence-electron chi connectivity index (χ0n) is 5.46. The van der Waals surface area contributed by atoms with Crippen molar-refractivity contribution in [3.8, 4) is 0 Å². The molecule has 0 saturated carbocycles. The number of hydrogen-bond acceptors (Lipinski definition) is 0. The van der Waals surface area contributed by atoms with Crippen molar-refractivity contribution in [2.75, 3.05) is 0 Å². The van der Waals surface area contributed by atoms with E-state index in [0.29, 0.717) is 0 Å². The minimum absolute atomic E-state index is 0. The van der Waals surface area contributed by atoms with Crippen LogP contribution in [-0.2, 0) is 0 Å². The van der Waals surface area contributed by atoms with Crippen LogP contribution in [0, 0.1) is 0 Å². The summed E-state index contributed by atoms with van der Waals surface area (Å²) in [6.07, 6.45) is 0. The van der Waals surface area contributed by atoms with Gasteiger partial charge in [-0.25, -0.2) is 0 Å². The summed E-state index contributed by atoms with van der Waals surface area (Å²) in [6, 6.07) is 4.29. The van der Waals surface area contributed by atoms with E-state index in [1.807, 2.05) is 0 Å². The fourth-order valence-electron chi connectivity index (χ4n) is 0.385. The van der Waals surface area contributed by atoms with Gasteiger partial charge in [0.15, 0.2) is 0 Å². The Morgan fingerprint density at radius 2 is 1.12 bits per heavy atom. The van der Waals surface area contributed by atoms with Crippen molar-refractivity contribution in [3.63, 3.8) is 0 Å². The topological polar surface area (TPSA) is 0 Å². The van der Waals surface area contributed by atoms with Gasteiger partial charge in [-0.15, -0.1) is 0 Å². The van der Waals surface area contributed by atoms with E-state index < -0.39 is 0 Å². The molecule has 0 bridgehead atoms. The fraction of sp³-hybridized carbons (Fsp3) is 0. The van der Waals surface area contributed by atoms with Gasteiger partial charge in [0.25, 0.3) is 0 Å². The molecule has 0 nitrogen and oxygen atoms in total. The molecule has 32 valence electrons. The first-order valence-corrected chi connectivity index (χ1v) is 6.00. The standard InChI is InChI=1S/C4H6Si2.2Na/c1-2-4-6-5-3-1;;/h1-6H;;. The summed E-state index contributed by atoms with van der Waals surface area (Å²) in [5.74, 6) is 0. The van der Waals surface area contributed by atoms with Crippen LogP contribution < -0.4 is 0 Å². The maximum absolute atomic E-state index is 2.30. The molecule has 0 aliphatic heterocycles. The second-order valence-corrected chi connectivity index (χ2v) is 5.00. The Morgan fingerprint density at radius 3 is 1.25 bits per heavy atom. The Hall–Kier alpha value is 1.91. The maximum Gasteiger partial charge on any atom is 0 e. The van der Waals surface area contributed by atoms with E-state index in [0.717, 1.165) is 17.2 Å². The van der Waals surface area contributed by atoms with Crippen molar-refractivity contribution in [2.45, 2.75) is 0 Å². The molecule has 1 heterocycles. The molecule has 8 heavy (non-hydrogen) atoms. The van der Waals surface area contributed by atoms with Gasteiger partial charge < -0.3 is 0 Å². The molecule has 0 atom stereocenters. The Balaban J connectivity index is 0. The van der Waals surface area contributed by atoms with Crippen molar-refractivity contribution in [3.05, 3.63) is 23.5 Å². The van der Waals surface area contributed by atoms with Crippen LogP contribution in [0.4, 0.5) is 0 Å². The Kier molecular flexibility index (Phi) is 14.0. The van der Waals surface area contributed by atoms with Gasteiger partial charge in [0.05, 0.1) is 0 Å². The van der Waals surface area contributed by atoms with E-state index in [1.165, 1.54) is 0 Å². The van der Waals surface area contributed by atoms with Crippen molar-refractivity contribution in [1.82, 2.24) is 0 Å². The van der Waals surface area contributed by atoms with Crippen LogP contribution in [0.25, 0.3) is 0 Å². The van der Waals surface area contributed by atoms with Crippen LogP contribution in [-0.4, -0.2) is 76.4 Å². The van der Waals surface area contributed by atoms with E-state index in [1.54, 1.807) is 0 Å². The Bertz CT molecular complexity index is 84.0. The molecule has 0 N–H and O–H groups in total. The van der Waals surface area contributed by atoms with Crippen molar-refractivity contribution in [1.29, 1.82) is 0 Å². The molecule has 0 aliphatic rings. The summed E-state index contributed by atoms with van der Waals surface area (Å²) >= 11 is 0.